The Labute approximate surface area is 147 Å². The lowest BCUT2D eigenvalue weighted by Gasteiger charge is -2.10. The summed E-state index contributed by atoms with van der Waals surface area (Å²) in [7, 11) is 0. The fraction of sp³-hybridized carbons (Fsp3) is 0.538. The predicted molar refractivity (Wildman–Crippen MR) is 96.9 cm³/mol. The van der Waals surface area contributed by atoms with Crippen LogP contribution < -0.4 is 5.32 Å². The number of non-ortho nitro benzene ring substituents is 1. The van der Waals surface area contributed by atoms with Crippen molar-refractivity contribution in [2.45, 2.75) is 46.4 Å². The number of nitrogens with one attached hydrogen (secondary N) is 1. The van der Waals surface area contributed by atoms with Crippen molar-refractivity contribution in [1.29, 1.82) is 0 Å². The number of benzene rings is 1. The van der Waals surface area contributed by atoms with Crippen LogP contribution in [0.4, 0.5) is 5.69 Å². The summed E-state index contributed by atoms with van der Waals surface area (Å²) in [6.45, 7) is 8.53. The lowest BCUT2D eigenvalue weighted by molar-refractivity contribution is -0.384. The van der Waals surface area contributed by atoms with Crippen LogP contribution in [0.15, 0.2) is 24.3 Å². The van der Waals surface area contributed by atoms with Crippen LogP contribution in [0.2, 0.25) is 0 Å². The summed E-state index contributed by atoms with van der Waals surface area (Å²) >= 11 is 14.6. The minimum atomic E-state index is -1.20. The lowest BCUT2D eigenvalue weighted by atomic mass is 10.2. The van der Waals surface area contributed by atoms with Crippen molar-refractivity contribution in [3.8, 4) is 0 Å². The van der Waals surface area contributed by atoms with Crippen LogP contribution in [0, 0.1) is 10.1 Å². The van der Waals surface area contributed by atoms with E-state index >= 15 is 0 Å². The van der Waals surface area contributed by atoms with Gasteiger partial charge in [-0.1, -0.05) is 61.4 Å². The molecule has 0 heterocycles. The third-order valence-corrected chi connectivity index (χ3v) is 2.00. The molecule has 0 saturated carbocycles. The first-order valence-corrected chi connectivity index (χ1v) is 10.5. The third kappa shape index (κ3) is 17.9. The van der Waals surface area contributed by atoms with E-state index in [0.29, 0.717) is 17.6 Å². The van der Waals surface area contributed by atoms with Gasteiger partial charge in [0.25, 0.3) is 5.69 Å². The second-order valence-electron chi connectivity index (χ2n) is 4.75. The van der Waals surface area contributed by atoms with E-state index in [2.05, 4.69) is 33.0 Å². The number of hydrogen-bond acceptors (Lipinski definition) is 4. The number of hydrogen-bond donors (Lipinski definition) is 2. The number of nitro benzene ring substituents is 1. The molecular weight excluding hydrogens is 369 g/mol. The van der Waals surface area contributed by atoms with E-state index in [1.165, 1.54) is 24.3 Å². The second-order valence-corrected chi connectivity index (χ2v) is 9.73. The molecule has 1 aromatic rings. The quantitative estimate of drug-likeness (QED) is 0.409. The molecule has 0 atom stereocenters. The zero-order chi connectivity index (χ0) is 17.7. The topological polar surface area (TPSA) is 75.4 Å². The summed E-state index contributed by atoms with van der Waals surface area (Å²) in [6.07, 6.45) is 0. The number of halogens is 3. The summed E-state index contributed by atoms with van der Waals surface area (Å²) in [4.78, 5) is 9.67. The molecule has 0 saturated heterocycles. The smallest absolute Gasteiger partial charge is 0.269 e. The van der Waals surface area contributed by atoms with E-state index < -0.39 is 10.9 Å². The molecule has 0 bridgehead atoms. The monoisotopic (exact) mass is 390 g/mol. The Morgan fingerprint density at radius 1 is 1.14 bits per heavy atom. The number of aliphatic hydroxyl groups excluding tert-OH is 1. The Bertz CT molecular complexity index is 395. The van der Waals surface area contributed by atoms with Gasteiger partial charge in [0, 0.05) is 24.2 Å². The number of nitrogens with zero attached hydrogens (tertiary/aromatic N) is 1. The predicted octanol–water partition coefficient (Wildman–Crippen LogP) is 5.41. The highest BCUT2D eigenvalue weighted by Gasteiger charge is 2.02. The summed E-state index contributed by atoms with van der Waals surface area (Å²) < 4.78 is 0. The maximum absolute atomic E-state index is 10.1. The minimum Gasteiger partial charge on any atom is -0.392 e. The molecule has 1 aromatic carbocycles. The highest BCUT2D eigenvalue weighted by atomic mass is 36.0. The van der Waals surface area contributed by atoms with Gasteiger partial charge < -0.3 is 10.4 Å². The van der Waals surface area contributed by atoms with E-state index in [1.54, 1.807) is 0 Å². The molecule has 128 valence electrons. The van der Waals surface area contributed by atoms with E-state index in [0.717, 1.165) is 0 Å². The SMILES string of the molecule is CC(C)NC(C)C.ClP(Cl)Cl.O=[N+]([O-])c1ccc(CO)cc1. The summed E-state index contributed by atoms with van der Waals surface area (Å²) in [6, 6.07) is 7.04. The summed E-state index contributed by atoms with van der Waals surface area (Å²) in [5.74, 6) is -1.20. The van der Waals surface area contributed by atoms with Gasteiger partial charge in [0.05, 0.1) is 11.5 Å². The van der Waals surface area contributed by atoms with E-state index in [9.17, 15) is 10.1 Å². The van der Waals surface area contributed by atoms with Crippen LogP contribution in [-0.4, -0.2) is 22.1 Å². The molecule has 2 N–H and O–H groups in total. The van der Waals surface area contributed by atoms with Crippen molar-refractivity contribution in [1.82, 2.24) is 5.32 Å². The molecule has 9 heteroatoms. The molecule has 0 aliphatic heterocycles. The molecule has 0 aliphatic rings. The summed E-state index contributed by atoms with van der Waals surface area (Å²) in [5.41, 5.74) is 0.720. The maximum atomic E-state index is 10.1. The van der Waals surface area contributed by atoms with Gasteiger partial charge in [-0.2, -0.15) is 0 Å². The van der Waals surface area contributed by atoms with Gasteiger partial charge in [-0.25, -0.2) is 0 Å². The Hall–Kier alpha value is -0.160. The van der Waals surface area contributed by atoms with Crippen LogP contribution in [0.1, 0.15) is 33.3 Å². The van der Waals surface area contributed by atoms with E-state index in [1.807, 2.05) is 0 Å². The first kappa shape index (κ1) is 24.1. The van der Waals surface area contributed by atoms with Crippen molar-refractivity contribution >= 4 is 45.4 Å². The van der Waals surface area contributed by atoms with Gasteiger partial charge in [-0.3, -0.25) is 10.1 Å². The molecule has 22 heavy (non-hydrogen) atoms. The third-order valence-electron chi connectivity index (χ3n) is 2.00. The second kappa shape index (κ2) is 14.4. The van der Waals surface area contributed by atoms with Gasteiger partial charge in [0.15, 0.2) is 5.98 Å². The first-order chi connectivity index (χ1) is 10.1. The van der Waals surface area contributed by atoms with E-state index in [4.69, 9.17) is 38.8 Å². The van der Waals surface area contributed by atoms with Gasteiger partial charge in [-0.15, -0.1) is 0 Å². The van der Waals surface area contributed by atoms with Crippen LogP contribution in [0.5, 0.6) is 0 Å². The van der Waals surface area contributed by atoms with Crippen molar-refractivity contribution in [2.24, 2.45) is 0 Å². The first-order valence-electron chi connectivity index (χ1n) is 6.47. The standard InChI is InChI=1S/C7H7NO3.C6H15N.Cl3P/c9-5-6-1-3-7(4-2-6)8(10)11;1-5(2)7-6(3)4;1-4(2)3/h1-4,9H,5H2;5-7H,1-4H3;. The molecule has 1 rings (SSSR count). The van der Waals surface area contributed by atoms with Crippen LogP contribution in [0.3, 0.4) is 0 Å². The zero-order valence-corrected chi connectivity index (χ0v) is 16.1. The molecule has 0 radical (unpaired) electrons. The average molecular weight is 392 g/mol. The van der Waals surface area contributed by atoms with Crippen LogP contribution >= 0.6 is 39.7 Å². The molecular formula is C13H22Cl3N2O3P. The van der Waals surface area contributed by atoms with Crippen molar-refractivity contribution in [3.05, 3.63) is 39.9 Å². The molecule has 0 aliphatic carbocycles. The Morgan fingerprint density at radius 2 is 1.50 bits per heavy atom. The highest BCUT2D eigenvalue weighted by Crippen LogP contribution is 2.51. The molecule has 0 amide bonds. The highest BCUT2D eigenvalue weighted by molar-refractivity contribution is 8.20. The normalized spacial score (nSPS) is 9.95. The Morgan fingerprint density at radius 3 is 1.68 bits per heavy atom. The number of nitro groups is 1. The van der Waals surface area contributed by atoms with Crippen molar-refractivity contribution < 1.29 is 10.0 Å². The van der Waals surface area contributed by atoms with Crippen LogP contribution in [0.25, 0.3) is 0 Å². The molecule has 0 spiro atoms. The Kier molecular flexibility index (Phi) is 15.8. The van der Waals surface area contributed by atoms with E-state index in [-0.39, 0.29) is 12.3 Å². The summed E-state index contributed by atoms with van der Waals surface area (Å²) in [5, 5.41) is 22.0. The number of rotatable bonds is 4. The van der Waals surface area contributed by atoms with Gasteiger partial charge in [-0.05, 0) is 17.7 Å². The molecule has 0 fully saturated rings. The van der Waals surface area contributed by atoms with Gasteiger partial charge in [0.2, 0.25) is 0 Å². The molecule has 0 aromatic heterocycles. The fourth-order valence-corrected chi connectivity index (χ4v) is 1.39. The largest absolute Gasteiger partial charge is 0.392 e. The maximum Gasteiger partial charge on any atom is 0.269 e. The zero-order valence-electron chi connectivity index (χ0n) is 13.0. The minimum absolute atomic E-state index is 0.0437. The van der Waals surface area contributed by atoms with Crippen molar-refractivity contribution in [3.63, 3.8) is 0 Å². The fourth-order valence-electron chi connectivity index (χ4n) is 1.39. The van der Waals surface area contributed by atoms with Crippen molar-refractivity contribution in [2.75, 3.05) is 0 Å². The number of aliphatic hydroxyl groups is 1. The average Bonchev–Trinajstić information content (AvgIpc) is 2.37. The lowest BCUT2D eigenvalue weighted by Crippen LogP contribution is -2.29. The molecule has 5 nitrogen and oxygen atoms in total. The Balaban J connectivity index is 0. The van der Waals surface area contributed by atoms with Crippen LogP contribution in [-0.2, 0) is 6.61 Å². The van der Waals surface area contributed by atoms with Gasteiger partial charge in [0.1, 0.15) is 0 Å². The molecule has 0 unspecified atom stereocenters. The van der Waals surface area contributed by atoms with Gasteiger partial charge >= 0.3 is 0 Å².